The van der Waals surface area contributed by atoms with E-state index in [-0.39, 0.29) is 5.54 Å². The highest BCUT2D eigenvalue weighted by Gasteiger charge is 2.48. The van der Waals surface area contributed by atoms with Crippen molar-refractivity contribution in [3.05, 3.63) is 0 Å². The van der Waals surface area contributed by atoms with Gasteiger partial charge in [0.05, 0.1) is 5.54 Å². The van der Waals surface area contributed by atoms with E-state index in [4.69, 9.17) is 0 Å². The Hall–Kier alpha value is -0.370. The van der Waals surface area contributed by atoms with E-state index >= 15 is 0 Å². The number of likely N-dealkylation sites (tertiary alicyclic amines) is 1. The number of piperidine rings is 1. The van der Waals surface area contributed by atoms with E-state index in [0.717, 1.165) is 12.5 Å². The minimum absolute atomic E-state index is 0.177. The van der Waals surface area contributed by atoms with Gasteiger partial charge >= 0.3 is 0 Å². The van der Waals surface area contributed by atoms with Crippen molar-refractivity contribution in [1.82, 2.24) is 4.90 Å². The Balaban J connectivity index is 2.27. The first-order chi connectivity index (χ1) is 7.06. The van der Waals surface area contributed by atoms with E-state index in [0.29, 0.717) is 11.7 Å². The lowest BCUT2D eigenvalue weighted by molar-refractivity contribution is -0.137. The van der Waals surface area contributed by atoms with Gasteiger partial charge < -0.3 is 0 Å². The van der Waals surface area contributed by atoms with E-state index in [1.54, 1.807) is 6.92 Å². The largest absolute Gasteiger partial charge is 0.298 e. The molecule has 0 aromatic carbocycles. The molecule has 86 valence electrons. The van der Waals surface area contributed by atoms with Crippen molar-refractivity contribution in [2.45, 2.75) is 51.5 Å². The molecule has 0 amide bonds. The maximum atomic E-state index is 11.9. The van der Waals surface area contributed by atoms with E-state index < -0.39 is 0 Å². The third-order valence-corrected chi connectivity index (χ3v) is 4.97. The number of Topliss-reactive ketones (excluding diaryl/α,β-unsaturated/α-hetero) is 1. The zero-order valence-electron chi connectivity index (χ0n) is 10.3. The van der Waals surface area contributed by atoms with Crippen molar-refractivity contribution in [1.29, 1.82) is 0 Å². The summed E-state index contributed by atoms with van der Waals surface area (Å²) in [6, 6.07) is 0. The van der Waals surface area contributed by atoms with Gasteiger partial charge in [0.1, 0.15) is 5.78 Å². The van der Waals surface area contributed by atoms with Crippen LogP contribution in [0.5, 0.6) is 0 Å². The van der Waals surface area contributed by atoms with Crippen LogP contribution in [0.3, 0.4) is 0 Å². The van der Waals surface area contributed by atoms with Crippen LogP contribution >= 0.6 is 0 Å². The lowest BCUT2D eigenvalue weighted by Crippen LogP contribution is -2.61. The second-order valence-electron chi connectivity index (χ2n) is 5.56. The van der Waals surface area contributed by atoms with E-state index in [9.17, 15) is 4.79 Å². The van der Waals surface area contributed by atoms with Gasteiger partial charge in [-0.15, -0.1) is 0 Å². The number of nitrogens with zero attached hydrogens (tertiary/aromatic N) is 1. The quantitative estimate of drug-likeness (QED) is 0.661. The molecule has 0 radical (unpaired) electrons. The highest BCUT2D eigenvalue weighted by molar-refractivity contribution is 5.86. The van der Waals surface area contributed by atoms with Gasteiger partial charge in [-0.1, -0.05) is 19.3 Å². The van der Waals surface area contributed by atoms with Gasteiger partial charge in [-0.25, -0.2) is 0 Å². The monoisotopic (exact) mass is 209 g/mol. The van der Waals surface area contributed by atoms with Crippen LogP contribution in [-0.4, -0.2) is 29.8 Å². The average molecular weight is 209 g/mol. The molecule has 2 fully saturated rings. The Morgan fingerprint density at radius 3 is 2.60 bits per heavy atom. The van der Waals surface area contributed by atoms with Crippen LogP contribution < -0.4 is 0 Å². The summed E-state index contributed by atoms with van der Waals surface area (Å²) >= 11 is 0. The van der Waals surface area contributed by atoms with Crippen LogP contribution in [0.4, 0.5) is 0 Å². The predicted molar refractivity (Wildman–Crippen MR) is 61.8 cm³/mol. The van der Waals surface area contributed by atoms with Gasteiger partial charge in [0.15, 0.2) is 0 Å². The Bertz CT molecular complexity index is 263. The molecule has 2 heteroatoms. The minimum atomic E-state index is -0.177. The average Bonchev–Trinajstić information content (AvgIpc) is 2.23. The van der Waals surface area contributed by atoms with Gasteiger partial charge in [0.2, 0.25) is 0 Å². The lowest BCUT2D eigenvalue weighted by atomic mass is 9.63. The molecular formula is C13H23NO. The number of hydrogen-bond donors (Lipinski definition) is 0. The van der Waals surface area contributed by atoms with Crippen LogP contribution in [0, 0.1) is 11.8 Å². The van der Waals surface area contributed by atoms with Crippen LogP contribution in [0.25, 0.3) is 0 Å². The molecule has 15 heavy (non-hydrogen) atoms. The summed E-state index contributed by atoms with van der Waals surface area (Å²) in [7, 11) is 2.12. The summed E-state index contributed by atoms with van der Waals surface area (Å²) in [5.74, 6) is 1.79. The van der Waals surface area contributed by atoms with Crippen LogP contribution in [0.2, 0.25) is 0 Å². The molecule has 2 aliphatic rings. The zero-order chi connectivity index (χ0) is 11.1. The molecule has 0 aromatic heterocycles. The molecule has 1 aliphatic carbocycles. The fraction of sp³-hybridized carbons (Fsp3) is 0.923. The second-order valence-corrected chi connectivity index (χ2v) is 5.56. The highest BCUT2D eigenvalue weighted by atomic mass is 16.1. The Morgan fingerprint density at radius 2 is 1.93 bits per heavy atom. The Kier molecular flexibility index (Phi) is 2.89. The SMILES string of the molecule is CC(=O)C1(C)C2CCCCC2CCN1C. The summed E-state index contributed by atoms with van der Waals surface area (Å²) in [6.07, 6.45) is 6.59. The summed E-state index contributed by atoms with van der Waals surface area (Å²) in [5.41, 5.74) is -0.177. The van der Waals surface area contributed by atoms with Crippen LogP contribution in [0.1, 0.15) is 46.0 Å². The number of hydrogen-bond acceptors (Lipinski definition) is 2. The molecule has 1 heterocycles. The third kappa shape index (κ3) is 1.63. The van der Waals surface area contributed by atoms with Crippen molar-refractivity contribution in [2.24, 2.45) is 11.8 Å². The minimum Gasteiger partial charge on any atom is -0.298 e. The molecule has 1 saturated carbocycles. The first-order valence-corrected chi connectivity index (χ1v) is 6.29. The number of ketones is 1. The van der Waals surface area contributed by atoms with Gasteiger partial charge in [0.25, 0.3) is 0 Å². The first kappa shape index (κ1) is 11.1. The fourth-order valence-corrected chi connectivity index (χ4v) is 3.70. The molecular weight excluding hydrogens is 186 g/mol. The van der Waals surface area contributed by atoms with E-state index in [2.05, 4.69) is 18.9 Å². The molecule has 1 aliphatic heterocycles. The molecule has 0 N–H and O–H groups in total. The summed E-state index contributed by atoms with van der Waals surface area (Å²) < 4.78 is 0. The standard InChI is InChI=1S/C13H23NO/c1-10(15)13(2)12-7-5-4-6-11(12)8-9-14(13)3/h11-12H,4-9H2,1-3H3. The summed E-state index contributed by atoms with van der Waals surface area (Å²) in [5, 5.41) is 0. The number of carbonyl (C=O) groups excluding carboxylic acids is 1. The number of fused-ring (bicyclic) bond motifs is 1. The van der Waals surface area contributed by atoms with Gasteiger partial charge in [0, 0.05) is 0 Å². The lowest BCUT2D eigenvalue weighted by Gasteiger charge is -2.52. The molecule has 0 spiro atoms. The van der Waals surface area contributed by atoms with Crippen molar-refractivity contribution in [2.75, 3.05) is 13.6 Å². The maximum absolute atomic E-state index is 11.9. The van der Waals surface area contributed by atoms with Crippen molar-refractivity contribution in [3.63, 3.8) is 0 Å². The number of rotatable bonds is 1. The zero-order valence-corrected chi connectivity index (χ0v) is 10.3. The third-order valence-electron chi connectivity index (χ3n) is 4.97. The van der Waals surface area contributed by atoms with Gasteiger partial charge in [-0.05, 0) is 52.1 Å². The molecule has 2 nitrogen and oxygen atoms in total. The van der Waals surface area contributed by atoms with Gasteiger partial charge in [-0.3, -0.25) is 9.69 Å². The second kappa shape index (κ2) is 3.89. The smallest absolute Gasteiger partial charge is 0.150 e. The molecule has 0 aromatic rings. The fourth-order valence-electron chi connectivity index (χ4n) is 3.70. The molecule has 3 atom stereocenters. The first-order valence-electron chi connectivity index (χ1n) is 6.29. The van der Waals surface area contributed by atoms with Crippen LogP contribution in [-0.2, 0) is 4.79 Å². The Morgan fingerprint density at radius 1 is 1.27 bits per heavy atom. The maximum Gasteiger partial charge on any atom is 0.150 e. The van der Waals surface area contributed by atoms with Crippen LogP contribution in [0.15, 0.2) is 0 Å². The van der Waals surface area contributed by atoms with Crippen molar-refractivity contribution >= 4 is 5.78 Å². The van der Waals surface area contributed by atoms with E-state index in [1.165, 1.54) is 32.1 Å². The number of carbonyl (C=O) groups is 1. The summed E-state index contributed by atoms with van der Waals surface area (Å²) in [6.45, 7) is 5.03. The normalized spacial score (nSPS) is 42.3. The van der Waals surface area contributed by atoms with Crippen molar-refractivity contribution < 1.29 is 4.79 Å². The van der Waals surface area contributed by atoms with Crippen molar-refractivity contribution in [3.8, 4) is 0 Å². The van der Waals surface area contributed by atoms with Gasteiger partial charge in [-0.2, -0.15) is 0 Å². The molecule has 0 bridgehead atoms. The predicted octanol–water partition coefficient (Wildman–Crippen LogP) is 2.48. The number of likely N-dealkylation sites (N-methyl/N-ethyl adjacent to an activating group) is 1. The molecule has 3 unspecified atom stereocenters. The highest BCUT2D eigenvalue weighted by Crippen LogP contribution is 2.45. The Labute approximate surface area is 93.0 Å². The summed E-state index contributed by atoms with van der Waals surface area (Å²) in [4.78, 5) is 14.2. The van der Waals surface area contributed by atoms with E-state index in [1.807, 2.05) is 0 Å². The molecule has 1 saturated heterocycles. The molecule has 2 rings (SSSR count). The topological polar surface area (TPSA) is 20.3 Å².